The maximum atomic E-state index is 12.5. The van der Waals surface area contributed by atoms with E-state index in [1.54, 1.807) is 54.6 Å². The van der Waals surface area contributed by atoms with Crippen molar-refractivity contribution in [1.29, 1.82) is 5.26 Å². The van der Waals surface area contributed by atoms with Crippen LogP contribution in [-0.4, -0.2) is 13.0 Å². The van der Waals surface area contributed by atoms with Crippen molar-refractivity contribution in [2.24, 2.45) is 0 Å². The lowest BCUT2D eigenvalue weighted by Gasteiger charge is -2.12. The molecule has 32 heavy (non-hydrogen) atoms. The van der Waals surface area contributed by atoms with Crippen molar-refractivity contribution in [3.05, 3.63) is 92.4 Å². The Morgan fingerprint density at radius 3 is 2.53 bits per heavy atom. The van der Waals surface area contributed by atoms with Crippen LogP contribution in [0.3, 0.4) is 0 Å². The molecule has 0 saturated heterocycles. The number of carbonyl (C=O) groups excluding carboxylic acids is 1. The van der Waals surface area contributed by atoms with E-state index in [0.717, 1.165) is 5.56 Å². The Morgan fingerprint density at radius 2 is 1.84 bits per heavy atom. The number of methoxy groups -OCH3 is 1. The molecule has 0 fully saturated rings. The molecule has 0 unspecified atom stereocenters. The Kier molecular flexibility index (Phi) is 8.02. The summed E-state index contributed by atoms with van der Waals surface area (Å²) in [6.45, 7) is 0.258. The molecule has 0 radical (unpaired) electrons. The second kappa shape index (κ2) is 10.9. The van der Waals surface area contributed by atoms with E-state index < -0.39 is 5.91 Å². The Bertz CT molecular complexity index is 1220. The Morgan fingerprint density at radius 1 is 1.03 bits per heavy atom. The number of halogens is 3. The van der Waals surface area contributed by atoms with Crippen LogP contribution in [0.1, 0.15) is 11.1 Å². The van der Waals surface area contributed by atoms with Gasteiger partial charge in [-0.25, -0.2) is 0 Å². The topological polar surface area (TPSA) is 71.3 Å². The fourth-order valence-corrected chi connectivity index (χ4v) is 3.27. The number of benzene rings is 3. The number of nitrogens with one attached hydrogen (secondary N) is 1. The first-order valence-electron chi connectivity index (χ1n) is 9.33. The number of hydrogen-bond donors (Lipinski definition) is 1. The number of anilines is 1. The lowest BCUT2D eigenvalue weighted by atomic mass is 10.1. The zero-order valence-corrected chi connectivity index (χ0v) is 19.1. The summed E-state index contributed by atoms with van der Waals surface area (Å²) in [6.07, 6.45) is 1.46. The standard InChI is InChI=1S/C24H17Cl3N2O3/c1-31-23-11-15(6-8-22(23)32-14-16-5-7-20(26)21(27)10-16)9-17(13-28)24(30)29-19-4-2-3-18(25)12-19/h2-12H,14H2,1H3,(H,29,30)/b17-9+. The van der Waals surface area contributed by atoms with Gasteiger partial charge in [0.1, 0.15) is 18.2 Å². The zero-order chi connectivity index (χ0) is 23.1. The Balaban J connectivity index is 1.75. The van der Waals surface area contributed by atoms with Gasteiger partial charge in [0.2, 0.25) is 0 Å². The van der Waals surface area contributed by atoms with Gasteiger partial charge in [-0.3, -0.25) is 4.79 Å². The van der Waals surface area contributed by atoms with Crippen molar-refractivity contribution in [3.63, 3.8) is 0 Å². The third-order valence-corrected chi connectivity index (χ3v) is 5.30. The molecule has 0 aliphatic heterocycles. The van der Waals surface area contributed by atoms with Crippen molar-refractivity contribution in [2.75, 3.05) is 12.4 Å². The van der Waals surface area contributed by atoms with Crippen molar-refractivity contribution in [2.45, 2.75) is 6.61 Å². The molecular weight excluding hydrogens is 471 g/mol. The third kappa shape index (κ3) is 6.18. The highest BCUT2D eigenvalue weighted by molar-refractivity contribution is 6.42. The second-order valence-corrected chi connectivity index (χ2v) is 7.83. The van der Waals surface area contributed by atoms with Crippen LogP contribution in [0.15, 0.2) is 66.2 Å². The molecule has 3 aromatic rings. The molecule has 3 aromatic carbocycles. The molecule has 0 aliphatic rings. The normalized spacial score (nSPS) is 10.9. The lowest BCUT2D eigenvalue weighted by Crippen LogP contribution is -2.13. The molecule has 0 bridgehead atoms. The molecule has 0 atom stereocenters. The van der Waals surface area contributed by atoms with Crippen molar-refractivity contribution < 1.29 is 14.3 Å². The van der Waals surface area contributed by atoms with E-state index in [1.807, 2.05) is 12.1 Å². The van der Waals surface area contributed by atoms with Crippen LogP contribution < -0.4 is 14.8 Å². The van der Waals surface area contributed by atoms with Gasteiger partial charge >= 0.3 is 0 Å². The predicted octanol–water partition coefficient (Wildman–Crippen LogP) is 6.78. The van der Waals surface area contributed by atoms with E-state index in [4.69, 9.17) is 44.3 Å². The van der Waals surface area contributed by atoms with E-state index in [9.17, 15) is 10.1 Å². The van der Waals surface area contributed by atoms with E-state index in [2.05, 4.69) is 5.32 Å². The van der Waals surface area contributed by atoms with Crippen LogP contribution in [0, 0.1) is 11.3 Å². The number of amides is 1. The first-order chi connectivity index (χ1) is 15.4. The van der Waals surface area contributed by atoms with E-state index in [0.29, 0.717) is 37.8 Å². The maximum absolute atomic E-state index is 12.5. The predicted molar refractivity (Wildman–Crippen MR) is 127 cm³/mol. The summed E-state index contributed by atoms with van der Waals surface area (Å²) < 4.78 is 11.2. The van der Waals surface area contributed by atoms with Gasteiger partial charge in [0, 0.05) is 10.7 Å². The van der Waals surface area contributed by atoms with Gasteiger partial charge in [-0.1, -0.05) is 53.0 Å². The molecule has 5 nitrogen and oxygen atoms in total. The second-order valence-electron chi connectivity index (χ2n) is 6.58. The average Bonchev–Trinajstić information content (AvgIpc) is 2.78. The van der Waals surface area contributed by atoms with E-state index in [1.165, 1.54) is 13.2 Å². The molecule has 0 aliphatic carbocycles. The Labute approximate surface area is 200 Å². The van der Waals surface area contributed by atoms with Crippen LogP contribution >= 0.6 is 34.8 Å². The van der Waals surface area contributed by atoms with Gasteiger partial charge in [0.05, 0.1) is 17.2 Å². The highest BCUT2D eigenvalue weighted by Gasteiger charge is 2.12. The number of rotatable bonds is 7. The molecule has 3 rings (SSSR count). The SMILES string of the molecule is COc1cc(/C=C(\C#N)C(=O)Nc2cccc(Cl)c2)ccc1OCc1ccc(Cl)c(Cl)c1. The molecule has 0 heterocycles. The van der Waals surface area contributed by atoms with Crippen LogP contribution in [-0.2, 0) is 11.4 Å². The summed E-state index contributed by atoms with van der Waals surface area (Å²) >= 11 is 17.9. The minimum Gasteiger partial charge on any atom is -0.493 e. The van der Waals surface area contributed by atoms with Crippen LogP contribution in [0.25, 0.3) is 6.08 Å². The quantitative estimate of drug-likeness (QED) is 0.294. The number of nitriles is 1. The highest BCUT2D eigenvalue weighted by atomic mass is 35.5. The number of carbonyl (C=O) groups is 1. The molecule has 0 spiro atoms. The number of nitrogens with zero attached hydrogens (tertiary/aromatic N) is 1. The van der Waals surface area contributed by atoms with Crippen molar-refractivity contribution in [3.8, 4) is 17.6 Å². The molecule has 1 N–H and O–H groups in total. The largest absolute Gasteiger partial charge is 0.493 e. The highest BCUT2D eigenvalue weighted by Crippen LogP contribution is 2.30. The first-order valence-corrected chi connectivity index (χ1v) is 10.5. The molecule has 0 aromatic heterocycles. The van der Waals surface area contributed by atoms with Gasteiger partial charge in [0.15, 0.2) is 11.5 Å². The fourth-order valence-electron chi connectivity index (χ4n) is 2.76. The van der Waals surface area contributed by atoms with Gasteiger partial charge in [-0.2, -0.15) is 5.26 Å². The first kappa shape index (κ1) is 23.5. The molecule has 0 saturated carbocycles. The minimum atomic E-state index is -0.548. The third-order valence-electron chi connectivity index (χ3n) is 4.32. The van der Waals surface area contributed by atoms with Gasteiger partial charge < -0.3 is 14.8 Å². The van der Waals surface area contributed by atoms with Gasteiger partial charge in [-0.05, 0) is 59.7 Å². The maximum Gasteiger partial charge on any atom is 0.266 e. The molecular formula is C24H17Cl3N2O3. The number of hydrogen-bond acceptors (Lipinski definition) is 4. The van der Waals surface area contributed by atoms with Gasteiger partial charge in [-0.15, -0.1) is 0 Å². The fraction of sp³-hybridized carbons (Fsp3) is 0.0833. The summed E-state index contributed by atoms with van der Waals surface area (Å²) in [4.78, 5) is 12.5. The lowest BCUT2D eigenvalue weighted by molar-refractivity contribution is -0.112. The van der Waals surface area contributed by atoms with Gasteiger partial charge in [0.25, 0.3) is 5.91 Å². The van der Waals surface area contributed by atoms with Crippen LogP contribution in [0.2, 0.25) is 15.1 Å². The summed E-state index contributed by atoms with van der Waals surface area (Å²) in [6, 6.07) is 18.9. The molecule has 162 valence electrons. The van der Waals surface area contributed by atoms with Crippen LogP contribution in [0.4, 0.5) is 5.69 Å². The monoisotopic (exact) mass is 486 g/mol. The average molecular weight is 488 g/mol. The zero-order valence-electron chi connectivity index (χ0n) is 16.9. The summed E-state index contributed by atoms with van der Waals surface area (Å²) in [5.41, 5.74) is 1.86. The smallest absolute Gasteiger partial charge is 0.266 e. The van der Waals surface area contributed by atoms with E-state index in [-0.39, 0.29) is 12.2 Å². The summed E-state index contributed by atoms with van der Waals surface area (Å²) in [5.74, 6) is 0.401. The summed E-state index contributed by atoms with van der Waals surface area (Å²) in [5, 5.41) is 13.5. The molecule has 1 amide bonds. The van der Waals surface area contributed by atoms with E-state index >= 15 is 0 Å². The Hall–Kier alpha value is -3.17. The molecule has 8 heteroatoms. The van der Waals surface area contributed by atoms with Crippen molar-refractivity contribution >= 4 is 52.5 Å². The number of ether oxygens (including phenoxy) is 2. The minimum absolute atomic E-state index is 0.0727. The van der Waals surface area contributed by atoms with Crippen LogP contribution in [0.5, 0.6) is 11.5 Å². The summed E-state index contributed by atoms with van der Waals surface area (Å²) in [7, 11) is 1.51. The van der Waals surface area contributed by atoms with Crippen molar-refractivity contribution in [1.82, 2.24) is 0 Å².